The van der Waals surface area contributed by atoms with Gasteiger partial charge in [0.05, 0.1) is 22.0 Å². The highest BCUT2D eigenvalue weighted by molar-refractivity contribution is 9.10. The van der Waals surface area contributed by atoms with Gasteiger partial charge in [-0.25, -0.2) is 0 Å². The second kappa shape index (κ2) is 5.53. The van der Waals surface area contributed by atoms with Gasteiger partial charge in [0.25, 0.3) is 0 Å². The molecule has 0 fully saturated rings. The average Bonchev–Trinajstić information content (AvgIpc) is 2.56. The van der Waals surface area contributed by atoms with Crippen molar-refractivity contribution in [2.24, 2.45) is 7.05 Å². The zero-order valence-corrected chi connectivity index (χ0v) is 13.0. The number of nitrogen functional groups attached to an aromatic ring is 1. The summed E-state index contributed by atoms with van der Waals surface area (Å²) in [5, 5.41) is 15.2. The molecule has 4 nitrogen and oxygen atoms in total. The van der Waals surface area contributed by atoms with Crippen LogP contribution in [0.4, 0.5) is 5.69 Å². The Morgan fingerprint density at radius 2 is 2.21 bits per heavy atom. The van der Waals surface area contributed by atoms with Crippen LogP contribution in [0, 0.1) is 6.92 Å². The van der Waals surface area contributed by atoms with Crippen LogP contribution in [0.5, 0.6) is 0 Å². The maximum Gasteiger partial charge on any atom is 0.0865 e. The van der Waals surface area contributed by atoms with Crippen molar-refractivity contribution in [3.8, 4) is 0 Å². The number of nitrogens with two attached hydrogens (primary N) is 1. The number of aryl methyl sites for hydroxylation is 2. The Bertz CT molecular complexity index is 612. The van der Waals surface area contributed by atoms with E-state index in [1.807, 2.05) is 14.0 Å². The molecular weight excluding hydrogens is 330 g/mol. The number of aliphatic hydroxyl groups excluding tert-OH is 1. The predicted molar refractivity (Wildman–Crippen MR) is 80.2 cm³/mol. The molecule has 1 aromatic carbocycles. The fraction of sp³-hybridized carbons (Fsp3) is 0.308. The van der Waals surface area contributed by atoms with Crippen molar-refractivity contribution in [2.75, 3.05) is 5.73 Å². The Morgan fingerprint density at radius 1 is 1.53 bits per heavy atom. The highest BCUT2D eigenvalue weighted by Crippen LogP contribution is 2.29. The van der Waals surface area contributed by atoms with Crippen LogP contribution in [0.15, 0.2) is 22.7 Å². The van der Waals surface area contributed by atoms with Crippen molar-refractivity contribution in [2.45, 2.75) is 19.4 Å². The normalized spacial score (nSPS) is 12.7. The van der Waals surface area contributed by atoms with Crippen LogP contribution in [-0.2, 0) is 13.5 Å². The molecule has 2 aromatic rings. The van der Waals surface area contributed by atoms with E-state index in [4.69, 9.17) is 17.3 Å². The van der Waals surface area contributed by atoms with E-state index in [0.717, 1.165) is 15.9 Å². The van der Waals surface area contributed by atoms with E-state index in [1.165, 1.54) is 0 Å². The van der Waals surface area contributed by atoms with E-state index in [2.05, 4.69) is 21.0 Å². The summed E-state index contributed by atoms with van der Waals surface area (Å²) in [7, 11) is 1.85. The second-order valence-corrected chi connectivity index (χ2v) is 5.69. The Labute approximate surface area is 125 Å². The lowest BCUT2D eigenvalue weighted by Crippen LogP contribution is -2.09. The Hall–Kier alpha value is -1.04. The number of benzene rings is 1. The van der Waals surface area contributed by atoms with Gasteiger partial charge in [-0.05, 0) is 35.0 Å². The summed E-state index contributed by atoms with van der Waals surface area (Å²) in [5.74, 6) is 0. The molecule has 0 aliphatic rings. The molecule has 0 aliphatic carbocycles. The van der Waals surface area contributed by atoms with Gasteiger partial charge >= 0.3 is 0 Å². The molecule has 0 saturated heterocycles. The van der Waals surface area contributed by atoms with Crippen LogP contribution in [0.2, 0.25) is 5.02 Å². The molecule has 19 heavy (non-hydrogen) atoms. The highest BCUT2D eigenvalue weighted by atomic mass is 79.9. The smallest absolute Gasteiger partial charge is 0.0865 e. The molecule has 0 amide bonds. The molecule has 2 rings (SSSR count). The van der Waals surface area contributed by atoms with Gasteiger partial charge in [0.1, 0.15) is 0 Å². The third-order valence-electron chi connectivity index (χ3n) is 3.06. The van der Waals surface area contributed by atoms with Crippen molar-refractivity contribution >= 4 is 33.2 Å². The maximum absolute atomic E-state index is 10.3. The molecule has 1 heterocycles. The fourth-order valence-corrected chi connectivity index (χ4v) is 2.72. The molecule has 0 saturated carbocycles. The van der Waals surface area contributed by atoms with Crippen LogP contribution in [0.25, 0.3) is 0 Å². The minimum absolute atomic E-state index is 0.434. The molecule has 102 valence electrons. The molecule has 0 aliphatic heterocycles. The number of halogens is 2. The molecule has 0 radical (unpaired) electrons. The first-order valence-electron chi connectivity index (χ1n) is 5.81. The summed E-state index contributed by atoms with van der Waals surface area (Å²) in [6, 6.07) is 5.11. The minimum atomic E-state index is -0.691. The Morgan fingerprint density at radius 3 is 2.74 bits per heavy atom. The maximum atomic E-state index is 10.3. The molecule has 1 aromatic heterocycles. The van der Waals surface area contributed by atoms with Gasteiger partial charge in [-0.15, -0.1) is 0 Å². The van der Waals surface area contributed by atoms with Crippen molar-refractivity contribution in [1.29, 1.82) is 0 Å². The highest BCUT2D eigenvalue weighted by Gasteiger charge is 2.18. The summed E-state index contributed by atoms with van der Waals surface area (Å²) >= 11 is 9.34. The van der Waals surface area contributed by atoms with Crippen molar-refractivity contribution in [3.63, 3.8) is 0 Å². The third-order valence-corrected chi connectivity index (χ3v) is 4.32. The van der Waals surface area contributed by atoms with E-state index < -0.39 is 6.10 Å². The molecule has 0 bridgehead atoms. The van der Waals surface area contributed by atoms with Gasteiger partial charge in [-0.1, -0.05) is 17.7 Å². The number of anilines is 1. The van der Waals surface area contributed by atoms with Crippen LogP contribution in [-0.4, -0.2) is 14.9 Å². The molecule has 1 atom stereocenters. The van der Waals surface area contributed by atoms with E-state index >= 15 is 0 Å². The number of aliphatic hydroxyl groups is 1. The monoisotopic (exact) mass is 343 g/mol. The van der Waals surface area contributed by atoms with E-state index in [1.54, 1.807) is 22.9 Å². The van der Waals surface area contributed by atoms with Crippen LogP contribution >= 0.6 is 27.5 Å². The first-order chi connectivity index (χ1) is 8.90. The van der Waals surface area contributed by atoms with Crippen molar-refractivity contribution in [1.82, 2.24) is 9.78 Å². The summed E-state index contributed by atoms with van der Waals surface area (Å²) in [5.41, 5.74) is 8.88. The van der Waals surface area contributed by atoms with Gasteiger partial charge < -0.3 is 10.8 Å². The Kier molecular flexibility index (Phi) is 4.18. The molecule has 3 N–H and O–H groups in total. The molecule has 1 unspecified atom stereocenters. The molecule has 0 spiro atoms. The van der Waals surface area contributed by atoms with Crippen LogP contribution in [0.1, 0.15) is 23.1 Å². The van der Waals surface area contributed by atoms with Crippen LogP contribution in [0.3, 0.4) is 0 Å². The summed E-state index contributed by atoms with van der Waals surface area (Å²) in [6.45, 7) is 1.91. The summed E-state index contributed by atoms with van der Waals surface area (Å²) in [4.78, 5) is 0. The van der Waals surface area contributed by atoms with Gasteiger partial charge in [-0.2, -0.15) is 5.10 Å². The standard InChI is InChI=1S/C13H15BrClN3O/c1-7-13(14)11(18(2)17-7)6-12(19)9-4-3-8(15)5-10(9)16/h3-5,12,19H,6,16H2,1-2H3. The number of hydrogen-bond donors (Lipinski definition) is 2. The van der Waals surface area contributed by atoms with Gasteiger partial charge in [0.2, 0.25) is 0 Å². The zero-order valence-electron chi connectivity index (χ0n) is 10.7. The van der Waals surface area contributed by atoms with E-state index in [0.29, 0.717) is 22.7 Å². The number of aromatic nitrogens is 2. The second-order valence-electron chi connectivity index (χ2n) is 4.46. The number of nitrogens with zero attached hydrogens (tertiary/aromatic N) is 2. The minimum Gasteiger partial charge on any atom is -0.398 e. The topological polar surface area (TPSA) is 64.1 Å². The molecular formula is C13H15BrClN3O. The van der Waals surface area contributed by atoms with E-state index in [-0.39, 0.29) is 0 Å². The Balaban J connectivity index is 2.28. The third kappa shape index (κ3) is 2.94. The largest absolute Gasteiger partial charge is 0.398 e. The lowest BCUT2D eigenvalue weighted by atomic mass is 10.0. The summed E-state index contributed by atoms with van der Waals surface area (Å²) in [6.07, 6.45) is -0.257. The predicted octanol–water partition coefficient (Wildman–Crippen LogP) is 3.00. The lowest BCUT2D eigenvalue weighted by molar-refractivity contribution is 0.176. The quantitative estimate of drug-likeness (QED) is 0.841. The van der Waals surface area contributed by atoms with Crippen molar-refractivity contribution < 1.29 is 5.11 Å². The first-order valence-corrected chi connectivity index (χ1v) is 6.98. The van der Waals surface area contributed by atoms with Gasteiger partial charge in [0.15, 0.2) is 0 Å². The first kappa shape index (κ1) is 14.4. The lowest BCUT2D eigenvalue weighted by Gasteiger charge is -2.14. The number of hydrogen-bond acceptors (Lipinski definition) is 3. The van der Waals surface area contributed by atoms with E-state index in [9.17, 15) is 5.11 Å². The SMILES string of the molecule is Cc1nn(C)c(CC(O)c2ccc(Cl)cc2N)c1Br. The van der Waals surface area contributed by atoms with Crippen LogP contribution < -0.4 is 5.73 Å². The average molecular weight is 345 g/mol. The van der Waals surface area contributed by atoms with Gasteiger partial charge in [0, 0.05) is 29.7 Å². The number of rotatable bonds is 3. The zero-order chi connectivity index (χ0) is 14.2. The van der Waals surface area contributed by atoms with Gasteiger partial charge in [-0.3, -0.25) is 4.68 Å². The summed E-state index contributed by atoms with van der Waals surface area (Å²) < 4.78 is 2.68. The van der Waals surface area contributed by atoms with Crippen molar-refractivity contribution in [3.05, 3.63) is 44.6 Å². The molecule has 6 heteroatoms. The fourth-order valence-electron chi connectivity index (χ4n) is 2.04.